The van der Waals surface area contributed by atoms with Crippen LogP contribution < -0.4 is 4.74 Å². The summed E-state index contributed by atoms with van der Waals surface area (Å²) in [6.45, 7) is 0.0647. The van der Waals surface area contributed by atoms with Gasteiger partial charge in [-0.2, -0.15) is 0 Å². The molecule has 0 aliphatic heterocycles. The van der Waals surface area contributed by atoms with Gasteiger partial charge in [0.15, 0.2) is 11.6 Å². The fourth-order valence-electron chi connectivity index (χ4n) is 3.98. The van der Waals surface area contributed by atoms with Crippen LogP contribution >= 0.6 is 0 Å². The van der Waals surface area contributed by atoms with E-state index in [0.717, 1.165) is 39.9 Å². The number of esters is 1. The number of aromatic nitrogens is 1. The number of pyridine rings is 1. The summed E-state index contributed by atoms with van der Waals surface area (Å²) in [7, 11) is 0. The third-order valence-electron chi connectivity index (χ3n) is 5.42. The Morgan fingerprint density at radius 1 is 1.03 bits per heavy atom. The van der Waals surface area contributed by atoms with E-state index in [0.29, 0.717) is 12.0 Å². The fourth-order valence-corrected chi connectivity index (χ4v) is 3.98. The van der Waals surface area contributed by atoms with Crippen molar-refractivity contribution in [2.75, 3.05) is 13.2 Å². The van der Waals surface area contributed by atoms with Crippen LogP contribution in [0.5, 0.6) is 5.75 Å². The molecule has 2 heterocycles. The third kappa shape index (κ3) is 3.87. The number of carbonyl (C=O) groups is 1. The first kappa shape index (κ1) is 20.0. The highest BCUT2D eigenvalue weighted by molar-refractivity contribution is 6.07. The highest BCUT2D eigenvalue weighted by atomic mass is 19.1. The number of furan rings is 1. The molecular weight excluding hydrogens is 409 g/mol. The second kappa shape index (κ2) is 8.67. The smallest absolute Gasteiger partial charge is 0.339 e. The normalized spacial score (nSPS) is 14.0. The molecule has 0 radical (unpaired) electrons. The molecule has 1 aliphatic rings. The molecule has 160 valence electrons. The minimum atomic E-state index is -0.451. The Hall–Kier alpha value is -3.93. The van der Waals surface area contributed by atoms with Crippen molar-refractivity contribution in [3.63, 3.8) is 0 Å². The molecule has 2 aromatic carbocycles. The molecule has 1 aliphatic carbocycles. The summed E-state index contributed by atoms with van der Waals surface area (Å²) in [6.07, 6.45) is 5.04. The van der Waals surface area contributed by atoms with Crippen molar-refractivity contribution in [1.29, 1.82) is 0 Å². The summed E-state index contributed by atoms with van der Waals surface area (Å²) in [5, 5.41) is 0.755. The predicted octanol–water partition coefficient (Wildman–Crippen LogP) is 5.69. The Bertz CT molecular complexity index is 1310. The monoisotopic (exact) mass is 429 g/mol. The van der Waals surface area contributed by atoms with Crippen molar-refractivity contribution in [2.45, 2.75) is 12.8 Å². The molecule has 32 heavy (non-hydrogen) atoms. The van der Waals surface area contributed by atoms with E-state index < -0.39 is 11.8 Å². The number of halogens is 1. The summed E-state index contributed by atoms with van der Waals surface area (Å²) >= 11 is 0. The van der Waals surface area contributed by atoms with Gasteiger partial charge in [0, 0.05) is 5.39 Å². The second-order valence-electron chi connectivity index (χ2n) is 7.43. The highest BCUT2D eigenvalue weighted by Gasteiger charge is 2.27. The summed E-state index contributed by atoms with van der Waals surface area (Å²) in [6, 6.07) is 17.4. The second-order valence-corrected chi connectivity index (χ2v) is 7.43. The number of para-hydroxylation sites is 2. The van der Waals surface area contributed by atoms with Crippen LogP contribution in [0.1, 0.15) is 33.8 Å². The Kier molecular flexibility index (Phi) is 5.42. The van der Waals surface area contributed by atoms with Crippen molar-refractivity contribution in [3.8, 4) is 5.75 Å². The van der Waals surface area contributed by atoms with Gasteiger partial charge in [0.2, 0.25) is 0 Å². The lowest BCUT2D eigenvalue weighted by Gasteiger charge is -2.13. The van der Waals surface area contributed by atoms with Gasteiger partial charge in [-0.15, -0.1) is 0 Å². The van der Waals surface area contributed by atoms with Crippen LogP contribution in [-0.2, 0) is 11.2 Å². The van der Waals surface area contributed by atoms with Crippen LogP contribution in [0.25, 0.3) is 22.6 Å². The van der Waals surface area contributed by atoms with Crippen molar-refractivity contribution >= 4 is 28.5 Å². The SMILES string of the molecule is O=C(OCCOc1ccccc1F)c1c2c(nc3ccccc13)C(=Cc1ccco1)CC2. The van der Waals surface area contributed by atoms with Crippen LogP contribution in [0.2, 0.25) is 0 Å². The molecule has 0 saturated heterocycles. The minimum Gasteiger partial charge on any atom is -0.487 e. The summed E-state index contributed by atoms with van der Waals surface area (Å²) in [5.74, 6) is -0.00684. The molecular formula is C26H20FNO4. The molecule has 0 fully saturated rings. The van der Waals surface area contributed by atoms with Gasteiger partial charge >= 0.3 is 5.97 Å². The van der Waals surface area contributed by atoms with Crippen LogP contribution in [-0.4, -0.2) is 24.2 Å². The molecule has 0 amide bonds. The first-order valence-electron chi connectivity index (χ1n) is 10.4. The quantitative estimate of drug-likeness (QED) is 0.291. The summed E-state index contributed by atoms with van der Waals surface area (Å²) < 4.78 is 30.0. The van der Waals surface area contributed by atoms with E-state index in [1.165, 1.54) is 12.1 Å². The van der Waals surface area contributed by atoms with Crippen molar-refractivity contribution < 1.29 is 23.1 Å². The number of ether oxygens (including phenoxy) is 2. The number of allylic oxidation sites excluding steroid dienone is 1. The molecule has 0 unspecified atom stereocenters. The molecule has 6 heteroatoms. The van der Waals surface area contributed by atoms with E-state index in [1.54, 1.807) is 18.4 Å². The van der Waals surface area contributed by atoms with Gasteiger partial charge in [-0.05, 0) is 60.4 Å². The Balaban J connectivity index is 1.41. The number of rotatable bonds is 6. The lowest BCUT2D eigenvalue weighted by Crippen LogP contribution is -2.15. The van der Waals surface area contributed by atoms with Gasteiger partial charge in [0.25, 0.3) is 0 Å². The first-order chi connectivity index (χ1) is 15.7. The molecule has 4 aromatic rings. The number of nitrogens with zero attached hydrogens (tertiary/aromatic N) is 1. The maximum absolute atomic E-state index is 13.7. The lowest BCUT2D eigenvalue weighted by molar-refractivity contribution is 0.0449. The number of hydrogen-bond donors (Lipinski definition) is 0. The molecule has 0 saturated carbocycles. The van der Waals surface area contributed by atoms with Crippen LogP contribution in [0.3, 0.4) is 0 Å². The standard InChI is InChI=1S/C26H20FNO4/c27-21-8-2-4-10-23(21)31-14-15-32-26(29)24-19-7-1-3-9-22(19)28-25-17(11-12-20(24)25)16-18-6-5-13-30-18/h1-10,13,16H,11-12,14-15H2. The van der Waals surface area contributed by atoms with Gasteiger partial charge in [0.1, 0.15) is 19.0 Å². The molecule has 5 nitrogen and oxygen atoms in total. The van der Waals surface area contributed by atoms with E-state index in [2.05, 4.69) is 0 Å². The number of carbonyl (C=O) groups excluding carboxylic acids is 1. The maximum Gasteiger partial charge on any atom is 0.339 e. The Labute approximate surface area is 184 Å². The molecule has 5 rings (SSSR count). The molecule has 0 atom stereocenters. The van der Waals surface area contributed by atoms with Crippen LogP contribution in [0.4, 0.5) is 4.39 Å². The van der Waals surface area contributed by atoms with Gasteiger partial charge in [0.05, 0.1) is 23.0 Å². The van der Waals surface area contributed by atoms with E-state index in [4.69, 9.17) is 18.9 Å². The Morgan fingerprint density at radius 3 is 2.72 bits per heavy atom. The van der Waals surface area contributed by atoms with Crippen molar-refractivity contribution in [3.05, 3.63) is 95.3 Å². The Morgan fingerprint density at radius 2 is 1.88 bits per heavy atom. The first-order valence-corrected chi connectivity index (χ1v) is 10.4. The van der Waals surface area contributed by atoms with Crippen molar-refractivity contribution in [1.82, 2.24) is 4.98 Å². The lowest BCUT2D eigenvalue weighted by atomic mass is 10.0. The zero-order valence-corrected chi connectivity index (χ0v) is 17.2. The van der Waals surface area contributed by atoms with Gasteiger partial charge < -0.3 is 13.9 Å². The summed E-state index contributed by atoms with van der Waals surface area (Å²) in [4.78, 5) is 17.9. The number of benzene rings is 2. The average Bonchev–Trinajstić information content (AvgIpc) is 3.46. The minimum absolute atomic E-state index is 0.00762. The van der Waals surface area contributed by atoms with E-state index in [1.807, 2.05) is 42.5 Å². The molecule has 2 aromatic heterocycles. The van der Waals surface area contributed by atoms with E-state index in [-0.39, 0.29) is 19.0 Å². The zero-order chi connectivity index (χ0) is 21.9. The average molecular weight is 429 g/mol. The molecule has 0 spiro atoms. The van der Waals surface area contributed by atoms with E-state index in [9.17, 15) is 9.18 Å². The van der Waals surface area contributed by atoms with E-state index >= 15 is 0 Å². The van der Waals surface area contributed by atoms with Gasteiger partial charge in [-0.3, -0.25) is 0 Å². The van der Waals surface area contributed by atoms with Crippen LogP contribution in [0.15, 0.2) is 71.3 Å². The summed E-state index contributed by atoms with van der Waals surface area (Å²) in [5.41, 5.74) is 3.96. The maximum atomic E-state index is 13.7. The highest BCUT2D eigenvalue weighted by Crippen LogP contribution is 2.37. The third-order valence-corrected chi connectivity index (χ3v) is 5.42. The van der Waals surface area contributed by atoms with Gasteiger partial charge in [-0.25, -0.2) is 14.2 Å². The van der Waals surface area contributed by atoms with Crippen molar-refractivity contribution in [2.24, 2.45) is 0 Å². The molecule has 0 N–H and O–H groups in total. The fraction of sp³-hybridized carbons (Fsp3) is 0.154. The molecule has 0 bridgehead atoms. The predicted molar refractivity (Wildman–Crippen MR) is 119 cm³/mol. The topological polar surface area (TPSA) is 61.6 Å². The number of fused-ring (bicyclic) bond motifs is 2. The number of hydrogen-bond acceptors (Lipinski definition) is 5. The zero-order valence-electron chi connectivity index (χ0n) is 17.2. The van der Waals surface area contributed by atoms with Gasteiger partial charge in [-0.1, -0.05) is 30.3 Å². The van der Waals surface area contributed by atoms with Crippen LogP contribution in [0, 0.1) is 5.82 Å². The largest absolute Gasteiger partial charge is 0.487 e.